The standard InChI is InChI=1S/C13H19N3O3/c1-16(9-13(18)4-7-19-8-5-13)12(17)11-10(14)3-2-6-15-11/h2-3,6,18H,4-5,7-9,14H2,1H3. The van der Waals surface area contributed by atoms with E-state index in [2.05, 4.69) is 4.98 Å². The van der Waals surface area contributed by atoms with Crippen LogP contribution in [0.15, 0.2) is 18.3 Å². The molecule has 3 N–H and O–H groups in total. The molecule has 19 heavy (non-hydrogen) atoms. The molecule has 1 aliphatic rings. The van der Waals surface area contributed by atoms with Gasteiger partial charge < -0.3 is 20.5 Å². The number of amides is 1. The van der Waals surface area contributed by atoms with Crippen molar-refractivity contribution in [2.45, 2.75) is 18.4 Å². The lowest BCUT2D eigenvalue weighted by Crippen LogP contribution is -2.47. The topological polar surface area (TPSA) is 88.7 Å². The number of hydrogen-bond donors (Lipinski definition) is 2. The maximum atomic E-state index is 12.2. The summed E-state index contributed by atoms with van der Waals surface area (Å²) in [6.07, 6.45) is 2.59. The predicted molar refractivity (Wildman–Crippen MR) is 70.6 cm³/mol. The fourth-order valence-corrected chi connectivity index (χ4v) is 2.20. The van der Waals surface area contributed by atoms with Crippen molar-refractivity contribution in [1.82, 2.24) is 9.88 Å². The Balaban J connectivity index is 2.05. The van der Waals surface area contributed by atoms with Crippen molar-refractivity contribution in [2.75, 3.05) is 32.5 Å². The van der Waals surface area contributed by atoms with Crippen molar-refractivity contribution in [3.05, 3.63) is 24.0 Å². The summed E-state index contributed by atoms with van der Waals surface area (Å²) in [6, 6.07) is 3.31. The van der Waals surface area contributed by atoms with E-state index in [4.69, 9.17) is 10.5 Å². The zero-order valence-electron chi connectivity index (χ0n) is 11.0. The van der Waals surface area contributed by atoms with Crippen molar-refractivity contribution in [2.24, 2.45) is 0 Å². The molecule has 1 fully saturated rings. The second kappa shape index (κ2) is 5.54. The molecule has 0 bridgehead atoms. The average molecular weight is 265 g/mol. The maximum Gasteiger partial charge on any atom is 0.274 e. The second-order valence-corrected chi connectivity index (χ2v) is 4.94. The van der Waals surface area contributed by atoms with E-state index in [0.29, 0.717) is 31.7 Å². The summed E-state index contributed by atoms with van der Waals surface area (Å²) in [4.78, 5) is 17.7. The number of aliphatic hydroxyl groups is 1. The van der Waals surface area contributed by atoms with Crippen LogP contribution in [0, 0.1) is 0 Å². The summed E-state index contributed by atoms with van der Waals surface area (Å²) in [5, 5.41) is 10.4. The lowest BCUT2D eigenvalue weighted by molar-refractivity contribution is -0.0734. The smallest absolute Gasteiger partial charge is 0.274 e. The van der Waals surface area contributed by atoms with Crippen molar-refractivity contribution < 1.29 is 14.6 Å². The highest BCUT2D eigenvalue weighted by molar-refractivity contribution is 5.96. The molecule has 1 aromatic heterocycles. The van der Waals surface area contributed by atoms with Gasteiger partial charge in [0.05, 0.1) is 11.3 Å². The zero-order valence-corrected chi connectivity index (χ0v) is 11.0. The van der Waals surface area contributed by atoms with Crippen LogP contribution in [0.3, 0.4) is 0 Å². The monoisotopic (exact) mass is 265 g/mol. The van der Waals surface area contributed by atoms with Crippen molar-refractivity contribution >= 4 is 11.6 Å². The van der Waals surface area contributed by atoms with Gasteiger partial charge in [-0.2, -0.15) is 0 Å². The van der Waals surface area contributed by atoms with E-state index in [-0.39, 0.29) is 18.1 Å². The first-order valence-corrected chi connectivity index (χ1v) is 6.28. The van der Waals surface area contributed by atoms with Gasteiger partial charge in [-0.15, -0.1) is 0 Å². The van der Waals surface area contributed by atoms with Crippen molar-refractivity contribution in [1.29, 1.82) is 0 Å². The van der Waals surface area contributed by atoms with Gasteiger partial charge in [0.1, 0.15) is 0 Å². The molecule has 6 heteroatoms. The van der Waals surface area contributed by atoms with E-state index in [0.717, 1.165) is 0 Å². The molecule has 0 saturated carbocycles. The summed E-state index contributed by atoms with van der Waals surface area (Å²) < 4.78 is 5.21. The van der Waals surface area contributed by atoms with Gasteiger partial charge in [-0.05, 0) is 12.1 Å². The molecule has 2 heterocycles. The molecule has 0 unspecified atom stereocenters. The molecule has 104 valence electrons. The molecular formula is C13H19N3O3. The van der Waals surface area contributed by atoms with Crippen LogP contribution in [0.25, 0.3) is 0 Å². The largest absolute Gasteiger partial charge is 0.397 e. The van der Waals surface area contributed by atoms with E-state index < -0.39 is 5.60 Å². The number of rotatable bonds is 3. The summed E-state index contributed by atoms with van der Waals surface area (Å²) in [6.45, 7) is 1.29. The number of pyridine rings is 1. The maximum absolute atomic E-state index is 12.2. The van der Waals surface area contributed by atoms with Gasteiger partial charge in [0, 0.05) is 45.8 Å². The minimum atomic E-state index is -0.883. The van der Waals surface area contributed by atoms with Crippen LogP contribution in [-0.4, -0.2) is 53.3 Å². The Morgan fingerprint density at radius 2 is 2.26 bits per heavy atom. The molecule has 0 radical (unpaired) electrons. The van der Waals surface area contributed by atoms with Gasteiger partial charge in [-0.3, -0.25) is 4.79 Å². The minimum Gasteiger partial charge on any atom is -0.397 e. The van der Waals surface area contributed by atoms with Crippen LogP contribution in [0.2, 0.25) is 0 Å². The van der Waals surface area contributed by atoms with Crippen LogP contribution in [0.4, 0.5) is 5.69 Å². The fraction of sp³-hybridized carbons (Fsp3) is 0.538. The Labute approximate surface area is 112 Å². The van der Waals surface area contributed by atoms with E-state index >= 15 is 0 Å². The number of aromatic nitrogens is 1. The number of hydrogen-bond acceptors (Lipinski definition) is 5. The minimum absolute atomic E-state index is 0.223. The van der Waals surface area contributed by atoms with Crippen LogP contribution in [-0.2, 0) is 4.74 Å². The molecule has 6 nitrogen and oxygen atoms in total. The van der Waals surface area contributed by atoms with Crippen molar-refractivity contribution in [3.63, 3.8) is 0 Å². The highest BCUT2D eigenvalue weighted by Crippen LogP contribution is 2.22. The second-order valence-electron chi connectivity index (χ2n) is 4.94. The van der Waals surface area contributed by atoms with Crippen molar-refractivity contribution in [3.8, 4) is 0 Å². The molecule has 0 atom stereocenters. The third-order valence-corrected chi connectivity index (χ3v) is 3.34. The van der Waals surface area contributed by atoms with E-state index in [1.54, 1.807) is 19.2 Å². The fourth-order valence-electron chi connectivity index (χ4n) is 2.20. The number of nitrogens with zero attached hydrogens (tertiary/aromatic N) is 2. The molecule has 0 aliphatic carbocycles. The number of carbonyl (C=O) groups excluding carboxylic acids is 1. The molecule has 1 amide bonds. The Hall–Kier alpha value is -1.66. The number of anilines is 1. The van der Waals surface area contributed by atoms with Gasteiger partial charge in [-0.1, -0.05) is 0 Å². The Bertz CT molecular complexity index is 458. The van der Waals surface area contributed by atoms with Gasteiger partial charge >= 0.3 is 0 Å². The Kier molecular flexibility index (Phi) is 4.01. The predicted octanol–water partition coefficient (Wildman–Crippen LogP) is 0.277. The van der Waals surface area contributed by atoms with Gasteiger partial charge in [0.15, 0.2) is 5.69 Å². The summed E-state index contributed by atoms with van der Waals surface area (Å²) in [5.74, 6) is -0.280. The third-order valence-electron chi connectivity index (χ3n) is 3.34. The van der Waals surface area contributed by atoms with E-state index in [9.17, 15) is 9.90 Å². The van der Waals surface area contributed by atoms with Gasteiger partial charge in [0.25, 0.3) is 5.91 Å². The highest BCUT2D eigenvalue weighted by atomic mass is 16.5. The molecule has 1 aromatic rings. The average Bonchev–Trinajstić information content (AvgIpc) is 2.39. The first kappa shape index (κ1) is 13.8. The number of likely N-dealkylation sites (N-methyl/N-ethyl adjacent to an activating group) is 1. The van der Waals surface area contributed by atoms with Crippen LogP contribution in [0.1, 0.15) is 23.3 Å². The zero-order chi connectivity index (χ0) is 13.9. The van der Waals surface area contributed by atoms with Gasteiger partial charge in [-0.25, -0.2) is 4.98 Å². The quantitative estimate of drug-likeness (QED) is 0.819. The first-order chi connectivity index (χ1) is 9.02. The van der Waals surface area contributed by atoms with E-state index in [1.165, 1.54) is 11.1 Å². The molecule has 1 saturated heterocycles. The first-order valence-electron chi connectivity index (χ1n) is 6.28. The molecule has 2 rings (SSSR count). The highest BCUT2D eigenvalue weighted by Gasteiger charge is 2.33. The van der Waals surface area contributed by atoms with Crippen LogP contribution >= 0.6 is 0 Å². The Morgan fingerprint density at radius 3 is 2.89 bits per heavy atom. The molecular weight excluding hydrogens is 246 g/mol. The lowest BCUT2D eigenvalue weighted by atomic mass is 9.94. The normalized spacial score (nSPS) is 18.0. The van der Waals surface area contributed by atoms with Crippen LogP contribution in [0.5, 0.6) is 0 Å². The summed E-state index contributed by atoms with van der Waals surface area (Å²) in [7, 11) is 1.64. The molecule has 0 spiro atoms. The number of ether oxygens (including phenoxy) is 1. The number of nitrogens with two attached hydrogens (primary N) is 1. The summed E-state index contributed by atoms with van der Waals surface area (Å²) in [5.41, 5.74) is 5.42. The number of nitrogen functional groups attached to an aromatic ring is 1. The summed E-state index contributed by atoms with van der Waals surface area (Å²) >= 11 is 0. The molecule has 1 aliphatic heterocycles. The lowest BCUT2D eigenvalue weighted by Gasteiger charge is -2.35. The van der Waals surface area contributed by atoms with Gasteiger partial charge in [0.2, 0.25) is 0 Å². The third kappa shape index (κ3) is 3.21. The van der Waals surface area contributed by atoms with Crippen LogP contribution < -0.4 is 5.73 Å². The molecule has 0 aromatic carbocycles. The number of carbonyl (C=O) groups is 1. The Morgan fingerprint density at radius 1 is 1.58 bits per heavy atom. The SMILES string of the molecule is CN(CC1(O)CCOCC1)C(=O)c1ncccc1N. The van der Waals surface area contributed by atoms with E-state index in [1.807, 2.05) is 0 Å².